The number of nitrogens with one attached hydrogen (secondary N) is 1. The number of carbonyl (C=O) groups excluding carboxylic acids is 1. The minimum Gasteiger partial charge on any atom is -0.352 e. The lowest BCUT2D eigenvalue weighted by Crippen LogP contribution is -2.50. The Morgan fingerprint density at radius 1 is 1.40 bits per heavy atom. The molecule has 3 heteroatoms. The minimum absolute atomic E-state index is 0.00148. The number of carbonyl (C=O) groups is 1. The molecule has 1 fully saturated rings. The van der Waals surface area contributed by atoms with E-state index in [4.69, 9.17) is 5.73 Å². The van der Waals surface area contributed by atoms with Crippen LogP contribution in [-0.4, -0.2) is 18.0 Å². The number of rotatable bonds is 2. The van der Waals surface area contributed by atoms with Crippen LogP contribution in [0.5, 0.6) is 0 Å². The summed E-state index contributed by atoms with van der Waals surface area (Å²) in [5, 5.41) is 3.05. The fourth-order valence-electron chi connectivity index (χ4n) is 2.02. The van der Waals surface area contributed by atoms with Crippen LogP contribution in [0.25, 0.3) is 0 Å². The molecule has 3 N–H and O–H groups in total. The monoisotopic (exact) mass is 212 g/mol. The van der Waals surface area contributed by atoms with Crippen LogP contribution >= 0.6 is 0 Å². The van der Waals surface area contributed by atoms with Gasteiger partial charge in [0.2, 0.25) is 5.91 Å². The van der Waals surface area contributed by atoms with E-state index in [9.17, 15) is 4.79 Å². The zero-order valence-electron chi connectivity index (χ0n) is 10.3. The molecule has 1 amide bonds. The highest BCUT2D eigenvalue weighted by Crippen LogP contribution is 2.25. The lowest BCUT2D eigenvalue weighted by molar-refractivity contribution is -0.125. The molecular formula is C12H24N2O. The van der Waals surface area contributed by atoms with Crippen molar-refractivity contribution in [2.75, 3.05) is 0 Å². The SMILES string of the molecule is CC1CCC(NC(=O)[C@@H](N)C(C)(C)C)C1. The van der Waals surface area contributed by atoms with Gasteiger partial charge in [0.05, 0.1) is 6.04 Å². The van der Waals surface area contributed by atoms with Crippen LogP contribution in [0.4, 0.5) is 0 Å². The first-order chi connectivity index (χ1) is 6.80. The van der Waals surface area contributed by atoms with Gasteiger partial charge in [-0.15, -0.1) is 0 Å². The summed E-state index contributed by atoms with van der Waals surface area (Å²) < 4.78 is 0. The van der Waals surface area contributed by atoms with Crippen molar-refractivity contribution in [2.45, 2.75) is 59.0 Å². The van der Waals surface area contributed by atoms with E-state index in [-0.39, 0.29) is 11.3 Å². The quantitative estimate of drug-likeness (QED) is 0.731. The van der Waals surface area contributed by atoms with Gasteiger partial charge in [-0.05, 0) is 30.6 Å². The average molecular weight is 212 g/mol. The van der Waals surface area contributed by atoms with Crippen molar-refractivity contribution in [1.82, 2.24) is 5.32 Å². The fourth-order valence-corrected chi connectivity index (χ4v) is 2.02. The number of hydrogen-bond acceptors (Lipinski definition) is 2. The average Bonchev–Trinajstić information content (AvgIpc) is 2.48. The molecule has 1 aliphatic carbocycles. The molecule has 88 valence electrons. The Morgan fingerprint density at radius 2 is 2.00 bits per heavy atom. The summed E-state index contributed by atoms with van der Waals surface area (Å²) in [5.41, 5.74) is 5.74. The second kappa shape index (κ2) is 4.52. The Morgan fingerprint density at radius 3 is 2.40 bits per heavy atom. The fraction of sp³-hybridized carbons (Fsp3) is 0.917. The third-order valence-electron chi connectivity index (χ3n) is 3.26. The predicted octanol–water partition coefficient (Wildman–Crippen LogP) is 1.66. The Bertz CT molecular complexity index is 232. The second-order valence-electron chi connectivity index (χ2n) is 5.97. The summed E-state index contributed by atoms with van der Waals surface area (Å²) in [6.45, 7) is 8.22. The van der Waals surface area contributed by atoms with Crippen molar-refractivity contribution in [1.29, 1.82) is 0 Å². The maximum atomic E-state index is 11.8. The first-order valence-corrected chi connectivity index (χ1v) is 5.86. The molecule has 15 heavy (non-hydrogen) atoms. The van der Waals surface area contributed by atoms with E-state index in [0.717, 1.165) is 18.8 Å². The molecule has 1 rings (SSSR count). The predicted molar refractivity (Wildman–Crippen MR) is 62.4 cm³/mol. The normalized spacial score (nSPS) is 28.9. The molecule has 0 aromatic carbocycles. The summed E-state index contributed by atoms with van der Waals surface area (Å²) in [5.74, 6) is 0.739. The molecule has 0 aliphatic heterocycles. The van der Waals surface area contributed by atoms with Gasteiger partial charge in [-0.2, -0.15) is 0 Å². The molecule has 0 aromatic rings. The Balaban J connectivity index is 2.42. The molecule has 0 heterocycles. The van der Waals surface area contributed by atoms with Crippen molar-refractivity contribution in [3.8, 4) is 0 Å². The molecule has 3 atom stereocenters. The van der Waals surface area contributed by atoms with E-state index in [2.05, 4.69) is 12.2 Å². The maximum absolute atomic E-state index is 11.8. The second-order valence-corrected chi connectivity index (χ2v) is 5.97. The summed E-state index contributed by atoms with van der Waals surface area (Å²) in [4.78, 5) is 11.8. The van der Waals surface area contributed by atoms with E-state index in [1.54, 1.807) is 0 Å². The zero-order chi connectivity index (χ0) is 11.6. The van der Waals surface area contributed by atoms with Crippen LogP contribution in [0.1, 0.15) is 47.0 Å². The standard InChI is InChI=1S/C12H24N2O/c1-8-5-6-9(7-8)14-11(15)10(13)12(2,3)4/h8-10H,5-7,13H2,1-4H3,(H,14,15)/t8?,9?,10-/m1/s1. The van der Waals surface area contributed by atoms with Crippen molar-refractivity contribution in [3.63, 3.8) is 0 Å². The van der Waals surface area contributed by atoms with Crippen molar-refractivity contribution in [2.24, 2.45) is 17.1 Å². The van der Waals surface area contributed by atoms with Crippen molar-refractivity contribution >= 4 is 5.91 Å². The lowest BCUT2D eigenvalue weighted by atomic mass is 9.87. The van der Waals surface area contributed by atoms with E-state index in [0.29, 0.717) is 6.04 Å². The summed E-state index contributed by atoms with van der Waals surface area (Å²) in [6.07, 6.45) is 3.42. The van der Waals surface area contributed by atoms with Crippen molar-refractivity contribution < 1.29 is 4.79 Å². The number of hydrogen-bond donors (Lipinski definition) is 2. The molecule has 3 nitrogen and oxygen atoms in total. The Kier molecular flexibility index (Phi) is 3.77. The van der Waals surface area contributed by atoms with Gasteiger partial charge < -0.3 is 11.1 Å². The molecule has 0 saturated heterocycles. The van der Waals surface area contributed by atoms with E-state index >= 15 is 0 Å². The van der Waals surface area contributed by atoms with Gasteiger partial charge in [0.15, 0.2) is 0 Å². The van der Waals surface area contributed by atoms with E-state index < -0.39 is 6.04 Å². The van der Waals surface area contributed by atoms with Crippen LogP contribution in [0.15, 0.2) is 0 Å². The van der Waals surface area contributed by atoms with E-state index in [1.165, 1.54) is 6.42 Å². The van der Waals surface area contributed by atoms with Crippen LogP contribution in [0.3, 0.4) is 0 Å². The highest BCUT2D eigenvalue weighted by Gasteiger charge is 2.30. The lowest BCUT2D eigenvalue weighted by Gasteiger charge is -2.27. The molecular weight excluding hydrogens is 188 g/mol. The largest absolute Gasteiger partial charge is 0.352 e. The van der Waals surface area contributed by atoms with Crippen LogP contribution in [0, 0.1) is 11.3 Å². The van der Waals surface area contributed by atoms with Gasteiger partial charge in [-0.25, -0.2) is 0 Å². The number of nitrogens with two attached hydrogens (primary N) is 1. The van der Waals surface area contributed by atoms with Crippen LogP contribution in [0.2, 0.25) is 0 Å². The molecule has 2 unspecified atom stereocenters. The maximum Gasteiger partial charge on any atom is 0.237 e. The third kappa shape index (κ3) is 3.49. The summed E-state index contributed by atoms with van der Waals surface area (Å²) >= 11 is 0. The smallest absolute Gasteiger partial charge is 0.237 e. The van der Waals surface area contributed by atoms with Crippen LogP contribution in [-0.2, 0) is 4.79 Å². The van der Waals surface area contributed by atoms with Gasteiger partial charge >= 0.3 is 0 Å². The first-order valence-electron chi connectivity index (χ1n) is 5.86. The molecule has 0 bridgehead atoms. The summed E-state index contributed by atoms with van der Waals surface area (Å²) in [7, 11) is 0. The van der Waals surface area contributed by atoms with Crippen molar-refractivity contribution in [3.05, 3.63) is 0 Å². The minimum atomic E-state index is -0.409. The summed E-state index contributed by atoms with van der Waals surface area (Å²) in [6, 6.07) is -0.0608. The Labute approximate surface area is 92.8 Å². The topological polar surface area (TPSA) is 55.1 Å². The third-order valence-corrected chi connectivity index (χ3v) is 3.26. The zero-order valence-corrected chi connectivity index (χ0v) is 10.3. The first kappa shape index (κ1) is 12.5. The van der Waals surface area contributed by atoms with E-state index in [1.807, 2.05) is 20.8 Å². The van der Waals surface area contributed by atoms with Gasteiger partial charge in [0.25, 0.3) is 0 Å². The highest BCUT2D eigenvalue weighted by molar-refractivity contribution is 5.82. The Hall–Kier alpha value is -0.570. The van der Waals surface area contributed by atoms with Gasteiger partial charge in [0, 0.05) is 6.04 Å². The molecule has 0 radical (unpaired) electrons. The molecule has 1 saturated carbocycles. The van der Waals surface area contributed by atoms with Gasteiger partial charge in [-0.3, -0.25) is 4.79 Å². The van der Waals surface area contributed by atoms with Crippen LogP contribution < -0.4 is 11.1 Å². The molecule has 0 spiro atoms. The number of amides is 1. The molecule has 0 aromatic heterocycles. The van der Waals surface area contributed by atoms with Gasteiger partial charge in [0.1, 0.15) is 0 Å². The van der Waals surface area contributed by atoms with Gasteiger partial charge in [-0.1, -0.05) is 27.7 Å². The highest BCUT2D eigenvalue weighted by atomic mass is 16.2. The molecule has 1 aliphatic rings.